The maximum Gasteiger partial charge on any atom is 0.329 e. The molecule has 1 aliphatic rings. The van der Waals surface area contributed by atoms with E-state index in [1.54, 1.807) is 41.5 Å². The van der Waals surface area contributed by atoms with Crippen molar-refractivity contribution in [1.29, 1.82) is 0 Å². The fraction of sp³-hybridized carbons (Fsp3) is 0.824. The minimum atomic E-state index is -1.26. The topological polar surface area (TPSA) is 160 Å². The minimum Gasteiger partial charge on any atom is -0.451 e. The molecule has 0 radical (unpaired) electrons. The summed E-state index contributed by atoms with van der Waals surface area (Å²) in [6, 6.07) is -4.26. The van der Waals surface area contributed by atoms with E-state index in [1.807, 2.05) is 41.5 Å². The van der Waals surface area contributed by atoms with Gasteiger partial charge in [-0.25, -0.2) is 9.59 Å². The van der Waals surface area contributed by atoms with Gasteiger partial charge in [-0.05, 0) is 54.8 Å². The van der Waals surface area contributed by atoms with E-state index in [2.05, 4.69) is 16.0 Å². The number of ether oxygens (including phenoxy) is 2. The predicted molar refractivity (Wildman–Crippen MR) is 175 cm³/mol. The molecule has 0 bridgehead atoms. The van der Waals surface area contributed by atoms with Crippen LogP contribution >= 0.6 is 0 Å². The van der Waals surface area contributed by atoms with Gasteiger partial charge in [0.05, 0.1) is 0 Å². The largest absolute Gasteiger partial charge is 0.451 e. The highest BCUT2D eigenvalue weighted by atomic mass is 16.6. The molecule has 1 saturated heterocycles. The summed E-state index contributed by atoms with van der Waals surface area (Å²) in [5, 5.41) is 8.24. The second-order valence-electron chi connectivity index (χ2n) is 14.9. The smallest absolute Gasteiger partial charge is 0.329 e. The van der Waals surface area contributed by atoms with Crippen LogP contribution < -0.4 is 16.0 Å². The van der Waals surface area contributed by atoms with Crippen LogP contribution in [0.5, 0.6) is 0 Å². The quantitative estimate of drug-likeness (QED) is 0.320. The van der Waals surface area contributed by atoms with Crippen molar-refractivity contribution in [2.45, 2.75) is 139 Å². The van der Waals surface area contributed by atoms with Gasteiger partial charge in [0.25, 0.3) is 11.8 Å². The third-order valence-electron chi connectivity index (χ3n) is 7.91. The summed E-state index contributed by atoms with van der Waals surface area (Å²) in [6.07, 6.45) is -1.85. The Balaban J connectivity index is 3.81. The molecule has 3 N–H and O–H groups in total. The zero-order valence-corrected chi connectivity index (χ0v) is 30.3. The van der Waals surface area contributed by atoms with Crippen LogP contribution in [0.4, 0.5) is 0 Å². The lowest BCUT2D eigenvalue weighted by molar-refractivity contribution is -0.167. The summed E-state index contributed by atoms with van der Waals surface area (Å²) in [5.74, 6) is -5.30. The number of hydrogen-bond acceptors (Lipinski definition) is 8. The fourth-order valence-electron chi connectivity index (χ4n) is 5.26. The van der Waals surface area contributed by atoms with Gasteiger partial charge in [0.2, 0.25) is 11.8 Å². The zero-order chi connectivity index (χ0) is 35.6. The average Bonchev–Trinajstić information content (AvgIpc) is 2.92. The van der Waals surface area contributed by atoms with Gasteiger partial charge < -0.3 is 30.3 Å². The highest BCUT2D eigenvalue weighted by Gasteiger charge is 2.40. The van der Waals surface area contributed by atoms with E-state index < -0.39 is 83.8 Å². The molecule has 0 aromatic heterocycles. The van der Waals surface area contributed by atoms with Crippen LogP contribution in [-0.4, -0.2) is 83.9 Å². The fourth-order valence-corrected chi connectivity index (χ4v) is 5.26. The van der Waals surface area contributed by atoms with E-state index in [-0.39, 0.29) is 42.9 Å². The van der Waals surface area contributed by atoms with Gasteiger partial charge in [0, 0.05) is 7.05 Å². The molecule has 46 heavy (non-hydrogen) atoms. The van der Waals surface area contributed by atoms with Gasteiger partial charge in [-0.15, -0.1) is 0 Å². The van der Waals surface area contributed by atoms with Crippen LogP contribution in [0, 0.1) is 35.5 Å². The molecule has 6 atom stereocenters. The molecule has 1 fully saturated rings. The summed E-state index contributed by atoms with van der Waals surface area (Å²) in [6.45, 7) is 21.8. The van der Waals surface area contributed by atoms with Crippen molar-refractivity contribution in [3.8, 4) is 0 Å². The highest BCUT2D eigenvalue weighted by Crippen LogP contribution is 2.20. The molecule has 264 valence electrons. The number of carbonyl (C=O) groups excluding carboxylic acids is 6. The number of hydrogen-bond donors (Lipinski definition) is 3. The van der Waals surface area contributed by atoms with Crippen LogP contribution in [0.2, 0.25) is 0 Å². The first-order chi connectivity index (χ1) is 21.2. The van der Waals surface area contributed by atoms with E-state index in [4.69, 9.17) is 9.47 Å². The van der Waals surface area contributed by atoms with E-state index in [9.17, 15) is 28.8 Å². The van der Waals surface area contributed by atoms with Crippen LogP contribution in [0.25, 0.3) is 0 Å². The monoisotopic (exact) mass is 652 g/mol. The number of nitrogens with zero attached hydrogens (tertiary/aromatic N) is 1. The van der Waals surface area contributed by atoms with E-state index in [0.29, 0.717) is 0 Å². The number of amides is 4. The molecule has 4 amide bonds. The summed E-state index contributed by atoms with van der Waals surface area (Å²) >= 11 is 0. The highest BCUT2D eigenvalue weighted by molar-refractivity contribution is 5.95. The maximum absolute atomic E-state index is 13.9. The van der Waals surface area contributed by atoms with Crippen molar-refractivity contribution in [2.24, 2.45) is 35.5 Å². The molecule has 1 heterocycles. The molecule has 0 aliphatic carbocycles. The Hall–Kier alpha value is -3.18. The molecule has 1 aliphatic heterocycles. The molecule has 0 spiro atoms. The number of nitrogens with one attached hydrogen (secondary N) is 3. The Morgan fingerprint density at radius 1 is 0.565 bits per heavy atom. The Labute approximate surface area is 275 Å². The van der Waals surface area contributed by atoms with Crippen molar-refractivity contribution in [3.63, 3.8) is 0 Å². The number of carbonyl (C=O) groups is 6. The SMILES string of the molecule is CC(C)CC1NC(=O)C(C(C)C)NC(=O)C(C(C)C)OC(=O)C(CC(C)C)N(C)C(=O)C(C(C)C)NC(=O)C(CC(C)C)OC1=O. The number of esters is 2. The molecule has 6 unspecified atom stereocenters. The molecular weight excluding hydrogens is 592 g/mol. The zero-order valence-electron chi connectivity index (χ0n) is 30.3. The molecule has 0 aromatic rings. The first-order valence-electron chi connectivity index (χ1n) is 16.8. The molecule has 0 saturated carbocycles. The van der Waals surface area contributed by atoms with Gasteiger partial charge in [-0.3, -0.25) is 19.2 Å². The summed E-state index contributed by atoms with van der Waals surface area (Å²) in [4.78, 5) is 83.4. The van der Waals surface area contributed by atoms with Crippen molar-refractivity contribution in [2.75, 3.05) is 7.05 Å². The average molecular weight is 653 g/mol. The maximum atomic E-state index is 13.9. The van der Waals surface area contributed by atoms with E-state index in [0.717, 1.165) is 0 Å². The van der Waals surface area contributed by atoms with Gasteiger partial charge in [0.15, 0.2) is 12.2 Å². The lowest BCUT2D eigenvalue weighted by Crippen LogP contribution is -2.59. The third-order valence-corrected chi connectivity index (χ3v) is 7.91. The van der Waals surface area contributed by atoms with Gasteiger partial charge in [-0.1, -0.05) is 83.1 Å². The number of cyclic esters (lactones) is 2. The standard InChI is InChI=1S/C34H60N4O8/c1-17(2)14-23-33(43)45-25(16-19(5)6)29(39)37-27(21(9)10)32(42)38(13)24(15-18(3)4)34(44)46-28(22(11)12)31(41)36-26(20(7)8)30(40)35-23/h17-28H,14-16H2,1-13H3,(H,35,40)(H,36,41)(H,37,39). The molecule has 12 nitrogen and oxygen atoms in total. The lowest BCUT2D eigenvalue weighted by atomic mass is 9.97. The summed E-state index contributed by atoms with van der Waals surface area (Å²) in [5.41, 5.74) is 0. The Kier molecular flexibility index (Phi) is 16.2. The van der Waals surface area contributed by atoms with Gasteiger partial charge in [0.1, 0.15) is 24.2 Å². The van der Waals surface area contributed by atoms with Crippen molar-refractivity contribution < 1.29 is 38.2 Å². The number of rotatable bonds is 9. The second kappa shape index (κ2) is 18.2. The van der Waals surface area contributed by atoms with Gasteiger partial charge in [-0.2, -0.15) is 0 Å². The second-order valence-corrected chi connectivity index (χ2v) is 14.9. The Morgan fingerprint density at radius 2 is 1.07 bits per heavy atom. The van der Waals surface area contributed by atoms with Crippen LogP contribution in [0.3, 0.4) is 0 Å². The van der Waals surface area contributed by atoms with Crippen LogP contribution in [-0.2, 0) is 38.2 Å². The summed E-state index contributed by atoms with van der Waals surface area (Å²) < 4.78 is 11.6. The van der Waals surface area contributed by atoms with Crippen molar-refractivity contribution in [1.82, 2.24) is 20.9 Å². The first-order valence-corrected chi connectivity index (χ1v) is 16.8. The Bertz CT molecular complexity index is 1070. The van der Waals surface area contributed by atoms with Crippen LogP contribution in [0.15, 0.2) is 0 Å². The molecular formula is C34H60N4O8. The third kappa shape index (κ3) is 12.2. The minimum absolute atomic E-state index is 0.0216. The van der Waals surface area contributed by atoms with Crippen LogP contribution in [0.1, 0.15) is 102 Å². The number of likely N-dealkylation sites (N-methyl/N-ethyl adjacent to an activating group) is 1. The normalized spacial score (nSPS) is 26.7. The van der Waals surface area contributed by atoms with Gasteiger partial charge >= 0.3 is 11.9 Å². The molecule has 1 rings (SSSR count). The Morgan fingerprint density at radius 3 is 1.52 bits per heavy atom. The van der Waals surface area contributed by atoms with Crippen molar-refractivity contribution in [3.05, 3.63) is 0 Å². The first kappa shape index (κ1) is 40.8. The van der Waals surface area contributed by atoms with Crippen molar-refractivity contribution >= 4 is 35.6 Å². The summed E-state index contributed by atoms with van der Waals surface area (Å²) in [7, 11) is 1.47. The molecule has 0 aromatic carbocycles. The predicted octanol–water partition coefficient (Wildman–Crippen LogP) is 3.21. The molecule has 12 heteroatoms. The van der Waals surface area contributed by atoms with E-state index >= 15 is 0 Å². The van der Waals surface area contributed by atoms with E-state index in [1.165, 1.54) is 11.9 Å². The lowest BCUT2D eigenvalue weighted by Gasteiger charge is -2.35.